The van der Waals surface area contributed by atoms with Gasteiger partial charge in [0.05, 0.1) is 26.9 Å². The zero-order valence-corrected chi connectivity index (χ0v) is 24.1. The zero-order chi connectivity index (χ0) is 29.8. The molecule has 6 rings (SSSR count). The van der Waals surface area contributed by atoms with Crippen LogP contribution in [0.15, 0.2) is 66.7 Å². The average Bonchev–Trinajstić information content (AvgIpc) is 3.34. The van der Waals surface area contributed by atoms with E-state index in [2.05, 4.69) is 4.98 Å². The number of pyridine rings is 1. The summed E-state index contributed by atoms with van der Waals surface area (Å²) in [5.74, 6) is -1.54. The first-order valence-corrected chi connectivity index (χ1v) is 13.6. The molecule has 1 aliphatic carbocycles. The van der Waals surface area contributed by atoms with Crippen molar-refractivity contribution in [3.05, 3.63) is 94.3 Å². The van der Waals surface area contributed by atoms with Crippen molar-refractivity contribution in [3.8, 4) is 39.5 Å². The molecule has 2 atom stereocenters. The van der Waals surface area contributed by atoms with E-state index in [0.717, 1.165) is 11.1 Å². The molecule has 42 heavy (non-hydrogen) atoms. The van der Waals surface area contributed by atoms with Gasteiger partial charge in [0.25, 0.3) is 0 Å². The fraction of sp³-hybridized carbons (Fsp3) is 0.212. The standard InChI is InChI=1S/C33H26ClNO7/c1-17-14-23(36)26-21(20-12-10-19(11-13-20)18-8-6-5-7-9-18)15-22(32(38)41-4)35-30(26)33(17)31(37)27-24(39-2)16-25(40-3)28(34)29(27)42-33/h5-13,15-17H,14H2,1-4H3. The number of nitrogens with zero attached hydrogens (tertiary/aromatic N) is 1. The van der Waals surface area contributed by atoms with Crippen molar-refractivity contribution in [2.75, 3.05) is 21.3 Å². The van der Waals surface area contributed by atoms with Gasteiger partial charge in [0.2, 0.25) is 11.4 Å². The van der Waals surface area contributed by atoms with Crippen molar-refractivity contribution < 1.29 is 33.3 Å². The van der Waals surface area contributed by atoms with Crippen molar-refractivity contribution in [3.63, 3.8) is 0 Å². The number of halogens is 1. The van der Waals surface area contributed by atoms with Gasteiger partial charge in [-0.3, -0.25) is 9.59 Å². The molecule has 0 saturated carbocycles. The molecule has 3 aromatic carbocycles. The Morgan fingerprint density at radius 2 is 1.55 bits per heavy atom. The van der Waals surface area contributed by atoms with Crippen LogP contribution in [-0.4, -0.2) is 43.8 Å². The van der Waals surface area contributed by atoms with Crippen molar-refractivity contribution in [1.82, 2.24) is 4.98 Å². The first-order valence-electron chi connectivity index (χ1n) is 13.3. The molecule has 0 amide bonds. The molecule has 212 valence electrons. The summed E-state index contributed by atoms with van der Waals surface area (Å²) in [7, 11) is 4.11. The number of benzene rings is 3. The Labute approximate surface area is 247 Å². The Morgan fingerprint density at radius 1 is 0.905 bits per heavy atom. The quantitative estimate of drug-likeness (QED) is 0.243. The maximum absolute atomic E-state index is 14.4. The van der Waals surface area contributed by atoms with E-state index in [4.69, 9.17) is 30.5 Å². The number of carbonyl (C=O) groups excluding carboxylic acids is 3. The molecule has 2 heterocycles. The molecule has 8 nitrogen and oxygen atoms in total. The van der Waals surface area contributed by atoms with Crippen LogP contribution in [-0.2, 0) is 10.3 Å². The predicted molar refractivity (Wildman–Crippen MR) is 156 cm³/mol. The molecular weight excluding hydrogens is 558 g/mol. The number of hydrogen-bond donors (Lipinski definition) is 0. The topological polar surface area (TPSA) is 101 Å². The first kappa shape index (κ1) is 27.5. The van der Waals surface area contributed by atoms with Gasteiger partial charge in [0.1, 0.15) is 33.5 Å². The van der Waals surface area contributed by atoms with E-state index in [9.17, 15) is 14.4 Å². The van der Waals surface area contributed by atoms with Crippen LogP contribution in [0, 0.1) is 5.92 Å². The third-order valence-electron chi connectivity index (χ3n) is 7.95. The molecule has 2 aliphatic rings. The van der Waals surface area contributed by atoms with Gasteiger partial charge in [-0.1, -0.05) is 73.1 Å². The summed E-state index contributed by atoms with van der Waals surface area (Å²) in [6.45, 7) is 1.74. The molecule has 1 aromatic heterocycles. The van der Waals surface area contributed by atoms with Gasteiger partial charge < -0.3 is 18.9 Å². The lowest BCUT2D eigenvalue weighted by atomic mass is 9.70. The minimum Gasteiger partial charge on any atom is -0.496 e. The average molecular weight is 584 g/mol. The summed E-state index contributed by atoms with van der Waals surface area (Å²) in [4.78, 5) is 45.6. The first-order chi connectivity index (χ1) is 20.2. The van der Waals surface area contributed by atoms with E-state index in [-0.39, 0.29) is 57.0 Å². The van der Waals surface area contributed by atoms with Crippen LogP contribution in [0.3, 0.4) is 0 Å². The van der Waals surface area contributed by atoms with Gasteiger partial charge in [0.15, 0.2) is 11.5 Å². The van der Waals surface area contributed by atoms with Gasteiger partial charge in [-0.15, -0.1) is 0 Å². The number of hydrogen-bond acceptors (Lipinski definition) is 8. The maximum atomic E-state index is 14.4. The highest BCUT2D eigenvalue weighted by atomic mass is 35.5. The fourth-order valence-electron chi connectivity index (χ4n) is 5.84. The van der Waals surface area contributed by atoms with Crippen molar-refractivity contribution in [2.45, 2.75) is 18.9 Å². The van der Waals surface area contributed by atoms with Crippen LogP contribution < -0.4 is 14.2 Å². The van der Waals surface area contributed by atoms with Crippen LogP contribution in [0.25, 0.3) is 22.3 Å². The van der Waals surface area contributed by atoms with Crippen LogP contribution in [0.2, 0.25) is 5.02 Å². The lowest BCUT2D eigenvalue weighted by Gasteiger charge is -2.38. The lowest BCUT2D eigenvalue weighted by molar-refractivity contribution is 0.0190. The number of methoxy groups -OCH3 is 3. The molecule has 0 bridgehead atoms. The second-order valence-corrected chi connectivity index (χ2v) is 10.6. The van der Waals surface area contributed by atoms with Gasteiger partial charge in [-0.2, -0.15) is 0 Å². The predicted octanol–water partition coefficient (Wildman–Crippen LogP) is 6.57. The molecule has 0 saturated heterocycles. The van der Waals surface area contributed by atoms with Crippen LogP contribution >= 0.6 is 11.6 Å². The number of Topliss-reactive ketones (excluding diaryl/α,β-unsaturated/α-hetero) is 2. The highest BCUT2D eigenvalue weighted by Gasteiger charge is 2.61. The third kappa shape index (κ3) is 3.97. The van der Waals surface area contributed by atoms with E-state index < -0.39 is 23.3 Å². The molecule has 1 aliphatic heterocycles. The Bertz CT molecular complexity index is 1770. The Kier molecular flexibility index (Phi) is 6.74. The third-order valence-corrected chi connectivity index (χ3v) is 8.31. The van der Waals surface area contributed by atoms with Crippen LogP contribution in [0.4, 0.5) is 0 Å². The lowest BCUT2D eigenvalue weighted by Crippen LogP contribution is -2.49. The van der Waals surface area contributed by atoms with Crippen molar-refractivity contribution in [1.29, 1.82) is 0 Å². The van der Waals surface area contributed by atoms with Crippen molar-refractivity contribution in [2.24, 2.45) is 5.92 Å². The molecule has 2 unspecified atom stereocenters. The number of fused-ring (bicyclic) bond motifs is 3. The summed E-state index contributed by atoms with van der Waals surface area (Å²) in [6.07, 6.45) is -0.00184. The number of ether oxygens (including phenoxy) is 4. The van der Waals surface area contributed by atoms with Crippen LogP contribution in [0.5, 0.6) is 17.2 Å². The van der Waals surface area contributed by atoms with E-state index in [1.807, 2.05) is 54.6 Å². The molecule has 0 fully saturated rings. The monoisotopic (exact) mass is 583 g/mol. The fourth-order valence-corrected chi connectivity index (χ4v) is 6.11. The normalized spacial score (nSPS) is 18.7. The number of rotatable bonds is 5. The highest BCUT2D eigenvalue weighted by Crippen LogP contribution is 2.57. The van der Waals surface area contributed by atoms with Crippen molar-refractivity contribution >= 4 is 29.1 Å². The molecule has 4 aromatic rings. The van der Waals surface area contributed by atoms with Gasteiger partial charge >= 0.3 is 5.97 Å². The second-order valence-electron chi connectivity index (χ2n) is 10.2. The molecule has 0 radical (unpaired) electrons. The summed E-state index contributed by atoms with van der Waals surface area (Å²) in [6, 6.07) is 20.5. The largest absolute Gasteiger partial charge is 0.496 e. The number of carbonyl (C=O) groups is 3. The maximum Gasteiger partial charge on any atom is 0.356 e. The van der Waals surface area contributed by atoms with E-state index >= 15 is 0 Å². The van der Waals surface area contributed by atoms with E-state index in [1.165, 1.54) is 33.5 Å². The van der Waals surface area contributed by atoms with E-state index in [1.54, 1.807) is 6.92 Å². The SMILES string of the molecule is COC(=O)c1cc(-c2ccc(-c3ccccc3)cc2)c2c(n1)C1(Oc3c(Cl)c(OC)cc(OC)c3C1=O)C(C)CC2=O. The Balaban J connectivity index is 1.60. The minimum atomic E-state index is -1.75. The van der Waals surface area contributed by atoms with Gasteiger partial charge in [0, 0.05) is 18.4 Å². The van der Waals surface area contributed by atoms with Crippen LogP contribution in [0.1, 0.15) is 50.2 Å². The summed E-state index contributed by atoms with van der Waals surface area (Å²) >= 11 is 6.63. The Hall–Kier alpha value is -4.69. The summed E-state index contributed by atoms with van der Waals surface area (Å²) in [5, 5.41) is 0.0880. The second kappa shape index (κ2) is 10.3. The van der Waals surface area contributed by atoms with Gasteiger partial charge in [-0.25, -0.2) is 9.78 Å². The number of ketones is 2. The van der Waals surface area contributed by atoms with Gasteiger partial charge in [-0.05, 0) is 28.3 Å². The smallest absolute Gasteiger partial charge is 0.356 e. The number of aromatic nitrogens is 1. The molecule has 0 N–H and O–H groups in total. The minimum absolute atomic E-state index is 0.00184. The highest BCUT2D eigenvalue weighted by molar-refractivity contribution is 6.35. The summed E-state index contributed by atoms with van der Waals surface area (Å²) < 4.78 is 22.4. The molecule has 1 spiro atoms. The number of esters is 1. The zero-order valence-electron chi connectivity index (χ0n) is 23.3. The van der Waals surface area contributed by atoms with E-state index in [0.29, 0.717) is 11.1 Å². The Morgan fingerprint density at radius 3 is 2.19 bits per heavy atom. The molecular formula is C33H26ClNO7. The summed E-state index contributed by atoms with van der Waals surface area (Å²) in [5.41, 5.74) is 1.66. The molecule has 9 heteroatoms.